The fraction of sp³-hybridized carbons (Fsp3) is 0.0667. The third-order valence-corrected chi connectivity index (χ3v) is 2.84. The maximum absolute atomic E-state index is 13.2. The Morgan fingerprint density at radius 2 is 2.00 bits per heavy atom. The van der Waals surface area contributed by atoms with E-state index in [9.17, 15) is 9.18 Å². The summed E-state index contributed by atoms with van der Waals surface area (Å²) < 4.78 is 18.2. The zero-order valence-corrected chi connectivity index (χ0v) is 11.0. The van der Waals surface area contributed by atoms with Crippen molar-refractivity contribution in [2.75, 3.05) is 11.5 Å². The molecule has 0 saturated heterocycles. The van der Waals surface area contributed by atoms with Gasteiger partial charge in [-0.15, -0.1) is 0 Å². The minimum absolute atomic E-state index is 0.166. The SMILES string of the molecule is N#Cc1ccc(F)cc1COC(=O)c1ccc(N)cc1N. The van der Waals surface area contributed by atoms with Gasteiger partial charge in [0.05, 0.1) is 17.2 Å². The number of carbonyl (C=O) groups excluding carboxylic acids is 1. The minimum Gasteiger partial charge on any atom is -0.457 e. The van der Waals surface area contributed by atoms with Crippen molar-refractivity contribution < 1.29 is 13.9 Å². The van der Waals surface area contributed by atoms with Gasteiger partial charge in [0.15, 0.2) is 0 Å². The van der Waals surface area contributed by atoms with Gasteiger partial charge in [-0.3, -0.25) is 0 Å². The smallest absolute Gasteiger partial charge is 0.340 e. The van der Waals surface area contributed by atoms with Crippen LogP contribution >= 0.6 is 0 Å². The molecule has 0 aliphatic heterocycles. The summed E-state index contributed by atoms with van der Waals surface area (Å²) in [6.07, 6.45) is 0. The standard InChI is InChI=1S/C15H12FN3O2/c16-11-2-1-9(7-17)10(5-11)8-21-15(20)13-4-3-12(18)6-14(13)19/h1-6H,8,18-19H2. The first-order chi connectivity index (χ1) is 10.0. The van der Waals surface area contributed by atoms with E-state index in [1.807, 2.05) is 6.07 Å². The summed E-state index contributed by atoms with van der Waals surface area (Å²) in [6.45, 7) is -0.219. The van der Waals surface area contributed by atoms with E-state index >= 15 is 0 Å². The van der Waals surface area contributed by atoms with Gasteiger partial charge in [0.2, 0.25) is 0 Å². The van der Waals surface area contributed by atoms with E-state index in [0.29, 0.717) is 11.3 Å². The molecule has 0 heterocycles. The number of nitriles is 1. The largest absolute Gasteiger partial charge is 0.457 e. The van der Waals surface area contributed by atoms with E-state index in [1.165, 1.54) is 30.3 Å². The highest BCUT2D eigenvalue weighted by Gasteiger charge is 2.13. The molecule has 2 rings (SSSR count). The van der Waals surface area contributed by atoms with Gasteiger partial charge in [-0.05, 0) is 36.4 Å². The van der Waals surface area contributed by atoms with Crippen LogP contribution in [0, 0.1) is 17.1 Å². The number of halogens is 1. The lowest BCUT2D eigenvalue weighted by Gasteiger charge is -2.08. The number of rotatable bonds is 3. The van der Waals surface area contributed by atoms with Crippen molar-refractivity contribution >= 4 is 17.3 Å². The van der Waals surface area contributed by atoms with E-state index in [2.05, 4.69) is 0 Å². The Morgan fingerprint density at radius 3 is 2.67 bits per heavy atom. The predicted molar refractivity (Wildman–Crippen MR) is 75.5 cm³/mol. The van der Waals surface area contributed by atoms with Crippen LogP contribution in [-0.2, 0) is 11.3 Å². The maximum Gasteiger partial charge on any atom is 0.340 e. The Hall–Kier alpha value is -3.07. The molecular weight excluding hydrogens is 273 g/mol. The molecule has 5 nitrogen and oxygen atoms in total. The number of benzene rings is 2. The van der Waals surface area contributed by atoms with Gasteiger partial charge in [-0.25, -0.2) is 9.18 Å². The van der Waals surface area contributed by atoms with E-state index < -0.39 is 11.8 Å². The lowest BCUT2D eigenvalue weighted by atomic mass is 10.1. The van der Waals surface area contributed by atoms with Gasteiger partial charge in [0.1, 0.15) is 12.4 Å². The highest BCUT2D eigenvalue weighted by Crippen LogP contribution is 2.18. The molecule has 0 aliphatic rings. The fourth-order valence-corrected chi connectivity index (χ4v) is 1.78. The lowest BCUT2D eigenvalue weighted by molar-refractivity contribution is 0.0473. The van der Waals surface area contributed by atoms with Crippen LogP contribution in [-0.4, -0.2) is 5.97 Å². The average Bonchev–Trinajstić information content (AvgIpc) is 2.45. The molecule has 0 amide bonds. The molecule has 0 aromatic heterocycles. The van der Waals surface area contributed by atoms with Crippen molar-refractivity contribution in [2.45, 2.75) is 6.61 Å². The molecule has 106 valence electrons. The van der Waals surface area contributed by atoms with E-state index in [1.54, 1.807) is 0 Å². The molecule has 0 fully saturated rings. The molecule has 2 aromatic rings. The molecule has 2 aromatic carbocycles. The Morgan fingerprint density at radius 1 is 1.24 bits per heavy atom. The van der Waals surface area contributed by atoms with Gasteiger partial charge in [0.25, 0.3) is 0 Å². The molecule has 0 radical (unpaired) electrons. The summed E-state index contributed by atoms with van der Waals surface area (Å²) in [6, 6.07) is 9.97. The fourth-order valence-electron chi connectivity index (χ4n) is 1.78. The summed E-state index contributed by atoms with van der Waals surface area (Å²) in [5, 5.41) is 8.92. The number of nitrogens with zero attached hydrogens (tertiary/aromatic N) is 1. The predicted octanol–water partition coefficient (Wildman–Crippen LogP) is 2.22. The molecule has 0 bridgehead atoms. The van der Waals surface area contributed by atoms with Crippen molar-refractivity contribution in [2.24, 2.45) is 0 Å². The van der Waals surface area contributed by atoms with Crippen LogP contribution in [0.15, 0.2) is 36.4 Å². The van der Waals surface area contributed by atoms with E-state index in [0.717, 1.165) is 6.07 Å². The normalized spacial score (nSPS) is 9.90. The molecule has 21 heavy (non-hydrogen) atoms. The van der Waals surface area contributed by atoms with Gasteiger partial charge >= 0.3 is 5.97 Å². The van der Waals surface area contributed by atoms with Crippen LogP contribution < -0.4 is 11.5 Å². The van der Waals surface area contributed by atoms with Crippen LogP contribution in [0.3, 0.4) is 0 Å². The number of nitrogens with two attached hydrogens (primary N) is 2. The van der Waals surface area contributed by atoms with Crippen molar-refractivity contribution in [3.05, 3.63) is 58.9 Å². The summed E-state index contributed by atoms with van der Waals surface area (Å²) in [5.74, 6) is -1.17. The Labute approximate surface area is 120 Å². The zero-order chi connectivity index (χ0) is 15.4. The Kier molecular flexibility index (Phi) is 4.05. The number of hydrogen-bond acceptors (Lipinski definition) is 5. The second-order valence-electron chi connectivity index (χ2n) is 4.34. The zero-order valence-electron chi connectivity index (χ0n) is 11.0. The molecule has 0 spiro atoms. The Bertz CT molecular complexity index is 738. The van der Waals surface area contributed by atoms with Gasteiger partial charge in [0, 0.05) is 16.9 Å². The highest BCUT2D eigenvalue weighted by molar-refractivity contribution is 5.95. The van der Waals surface area contributed by atoms with Crippen LogP contribution in [0.1, 0.15) is 21.5 Å². The first-order valence-corrected chi connectivity index (χ1v) is 6.02. The molecular formula is C15H12FN3O2. The van der Waals surface area contributed by atoms with Crippen LogP contribution in [0.25, 0.3) is 0 Å². The second kappa shape index (κ2) is 5.92. The average molecular weight is 285 g/mol. The Balaban J connectivity index is 2.15. The topological polar surface area (TPSA) is 102 Å². The maximum atomic E-state index is 13.2. The van der Waals surface area contributed by atoms with Gasteiger partial charge in [-0.2, -0.15) is 5.26 Å². The first kappa shape index (κ1) is 14.3. The number of carbonyl (C=O) groups is 1. The molecule has 0 saturated carbocycles. The van der Waals surface area contributed by atoms with Crippen molar-refractivity contribution in [1.29, 1.82) is 5.26 Å². The van der Waals surface area contributed by atoms with E-state index in [4.69, 9.17) is 21.5 Å². The van der Waals surface area contributed by atoms with Gasteiger partial charge < -0.3 is 16.2 Å². The summed E-state index contributed by atoms with van der Waals surface area (Å²) in [4.78, 5) is 11.9. The molecule has 0 unspecified atom stereocenters. The number of nitrogen functional groups attached to an aromatic ring is 2. The van der Waals surface area contributed by atoms with E-state index in [-0.39, 0.29) is 23.4 Å². The molecule has 6 heteroatoms. The third-order valence-electron chi connectivity index (χ3n) is 2.84. The summed E-state index contributed by atoms with van der Waals surface area (Å²) in [5.41, 5.74) is 12.5. The second-order valence-corrected chi connectivity index (χ2v) is 4.34. The monoisotopic (exact) mass is 285 g/mol. The highest BCUT2D eigenvalue weighted by atomic mass is 19.1. The molecule has 0 atom stereocenters. The number of anilines is 2. The summed E-state index contributed by atoms with van der Waals surface area (Å²) in [7, 11) is 0. The van der Waals surface area contributed by atoms with Crippen LogP contribution in [0.5, 0.6) is 0 Å². The molecule has 0 aliphatic carbocycles. The van der Waals surface area contributed by atoms with Crippen LogP contribution in [0.2, 0.25) is 0 Å². The van der Waals surface area contributed by atoms with Crippen molar-refractivity contribution in [3.8, 4) is 6.07 Å². The van der Waals surface area contributed by atoms with Crippen molar-refractivity contribution in [3.63, 3.8) is 0 Å². The minimum atomic E-state index is -0.666. The quantitative estimate of drug-likeness (QED) is 0.665. The summed E-state index contributed by atoms with van der Waals surface area (Å²) >= 11 is 0. The number of ether oxygens (including phenoxy) is 1. The molecule has 4 N–H and O–H groups in total. The lowest BCUT2D eigenvalue weighted by Crippen LogP contribution is -2.09. The van der Waals surface area contributed by atoms with Crippen molar-refractivity contribution in [1.82, 2.24) is 0 Å². The first-order valence-electron chi connectivity index (χ1n) is 6.02. The number of hydrogen-bond donors (Lipinski definition) is 2. The third kappa shape index (κ3) is 3.28. The van der Waals surface area contributed by atoms with Gasteiger partial charge in [-0.1, -0.05) is 0 Å². The van der Waals surface area contributed by atoms with Crippen LogP contribution in [0.4, 0.5) is 15.8 Å². The number of esters is 1.